The summed E-state index contributed by atoms with van der Waals surface area (Å²) in [5, 5.41) is 10.4. The molecule has 0 aromatic rings. The van der Waals surface area contributed by atoms with Crippen molar-refractivity contribution in [3.63, 3.8) is 0 Å². The van der Waals surface area contributed by atoms with Gasteiger partial charge in [-0.25, -0.2) is 0 Å². The van der Waals surface area contributed by atoms with Crippen LogP contribution >= 0.6 is 0 Å². The molecule has 0 heterocycles. The quantitative estimate of drug-likeness (QED) is 0.499. The molecule has 0 aliphatic rings. The second-order valence-corrected chi connectivity index (χ2v) is 2.74. The van der Waals surface area contributed by atoms with Crippen LogP contribution in [-0.4, -0.2) is 26.1 Å². The third-order valence-corrected chi connectivity index (χ3v) is 1.56. The Bertz CT molecular complexity index is 112. The number of hydrogen-bond acceptors (Lipinski definition) is 2. The molecule has 0 aromatic carbocycles. The van der Waals surface area contributed by atoms with E-state index in [1.807, 2.05) is 21.0 Å². The summed E-state index contributed by atoms with van der Waals surface area (Å²) in [6, 6.07) is -0.343. The van der Waals surface area contributed by atoms with Gasteiger partial charge in [-0.3, -0.25) is 0 Å². The molecule has 0 rings (SSSR count). The van der Waals surface area contributed by atoms with Crippen LogP contribution < -0.4 is 10.0 Å². The number of rotatable bonds is 4. The van der Waals surface area contributed by atoms with Crippen LogP contribution in [0.4, 0.5) is 0 Å². The predicted molar refractivity (Wildman–Crippen MR) is 36.5 cm³/mol. The minimum Gasteiger partial charge on any atom is -0.544 e. The maximum Gasteiger partial charge on any atom is 0.127 e. The zero-order chi connectivity index (χ0) is 8.15. The van der Waals surface area contributed by atoms with Gasteiger partial charge in [0.2, 0.25) is 0 Å². The van der Waals surface area contributed by atoms with Gasteiger partial charge in [-0.05, 0) is 0 Å². The van der Waals surface area contributed by atoms with Gasteiger partial charge < -0.3 is 14.8 Å². The van der Waals surface area contributed by atoms with Crippen molar-refractivity contribution in [1.82, 2.24) is 0 Å². The van der Waals surface area contributed by atoms with Crippen molar-refractivity contribution in [2.45, 2.75) is 25.8 Å². The summed E-state index contributed by atoms with van der Waals surface area (Å²) in [6.45, 7) is 1.97. The molecular formula is C7H15NO2. The van der Waals surface area contributed by atoms with E-state index in [9.17, 15) is 9.90 Å². The van der Waals surface area contributed by atoms with E-state index < -0.39 is 5.97 Å². The van der Waals surface area contributed by atoms with Gasteiger partial charge >= 0.3 is 0 Å². The lowest BCUT2D eigenvalue weighted by molar-refractivity contribution is -0.879. The highest BCUT2D eigenvalue weighted by Crippen LogP contribution is 1.89. The van der Waals surface area contributed by atoms with Gasteiger partial charge in [0.05, 0.1) is 20.1 Å². The van der Waals surface area contributed by atoms with E-state index in [1.54, 1.807) is 0 Å². The molecule has 0 amide bonds. The number of likely N-dealkylation sites (N-methyl/N-ethyl adjacent to an activating group) is 1. The molecule has 0 aliphatic heterocycles. The Kier molecular flexibility index (Phi) is 4.03. The molecule has 10 heavy (non-hydrogen) atoms. The van der Waals surface area contributed by atoms with Crippen LogP contribution in [0.15, 0.2) is 0 Å². The molecule has 0 fully saturated rings. The first-order valence-corrected chi connectivity index (χ1v) is 3.60. The van der Waals surface area contributed by atoms with E-state index >= 15 is 0 Å². The van der Waals surface area contributed by atoms with Crippen LogP contribution in [0.2, 0.25) is 0 Å². The van der Waals surface area contributed by atoms with Gasteiger partial charge in [0, 0.05) is 6.42 Å². The SMILES string of the molecule is CCC[C@@H](C(=O)[O-])[NH+](C)C. The van der Waals surface area contributed by atoms with Crippen LogP contribution in [0.5, 0.6) is 0 Å². The van der Waals surface area contributed by atoms with E-state index in [0.717, 1.165) is 11.3 Å². The Hall–Kier alpha value is -0.570. The molecule has 3 heteroatoms. The van der Waals surface area contributed by atoms with Crippen LogP contribution in [0.3, 0.4) is 0 Å². The smallest absolute Gasteiger partial charge is 0.127 e. The Balaban J connectivity index is 3.85. The minimum atomic E-state index is -0.943. The zero-order valence-corrected chi connectivity index (χ0v) is 6.81. The number of carboxylic acids is 1. The number of nitrogens with one attached hydrogen (secondary N) is 1. The number of aliphatic carboxylic acids is 1. The van der Waals surface area contributed by atoms with Crippen LogP contribution in [0.1, 0.15) is 19.8 Å². The Morgan fingerprint density at radius 3 is 2.20 bits per heavy atom. The lowest BCUT2D eigenvalue weighted by Gasteiger charge is -2.21. The van der Waals surface area contributed by atoms with E-state index in [4.69, 9.17) is 0 Å². The molecule has 0 unspecified atom stereocenters. The summed E-state index contributed by atoms with van der Waals surface area (Å²) in [7, 11) is 3.66. The first-order valence-electron chi connectivity index (χ1n) is 3.60. The fourth-order valence-corrected chi connectivity index (χ4v) is 0.931. The normalized spacial score (nSPS) is 13.6. The van der Waals surface area contributed by atoms with E-state index in [0.29, 0.717) is 6.42 Å². The number of carboxylic acid groups (broad SMARTS) is 1. The largest absolute Gasteiger partial charge is 0.544 e. The van der Waals surface area contributed by atoms with Crippen molar-refractivity contribution in [3.05, 3.63) is 0 Å². The van der Waals surface area contributed by atoms with Crippen molar-refractivity contribution in [2.75, 3.05) is 14.1 Å². The summed E-state index contributed by atoms with van der Waals surface area (Å²) in [5.41, 5.74) is 0. The first kappa shape index (κ1) is 9.43. The maximum absolute atomic E-state index is 10.4. The second-order valence-electron chi connectivity index (χ2n) is 2.74. The van der Waals surface area contributed by atoms with Gasteiger partial charge in [-0.1, -0.05) is 13.3 Å². The standard InChI is InChI=1S/C7H15NO2/c1-4-5-6(7(9)10)8(2)3/h6H,4-5H2,1-3H3,(H,9,10)/t6-/m0/s1. The van der Waals surface area contributed by atoms with Gasteiger partial charge in [0.15, 0.2) is 0 Å². The molecule has 60 valence electrons. The number of carbonyl (C=O) groups excluding carboxylic acids is 1. The predicted octanol–water partition coefficient (Wildman–Crippen LogP) is -1.95. The molecule has 0 saturated heterocycles. The number of carbonyl (C=O) groups is 1. The average molecular weight is 145 g/mol. The lowest BCUT2D eigenvalue weighted by Crippen LogP contribution is -3.11. The Morgan fingerprint density at radius 2 is 2.10 bits per heavy atom. The Morgan fingerprint density at radius 1 is 1.60 bits per heavy atom. The van der Waals surface area contributed by atoms with E-state index in [-0.39, 0.29) is 6.04 Å². The van der Waals surface area contributed by atoms with Crippen molar-refractivity contribution < 1.29 is 14.8 Å². The van der Waals surface area contributed by atoms with Crippen molar-refractivity contribution in [2.24, 2.45) is 0 Å². The van der Waals surface area contributed by atoms with E-state index in [1.165, 1.54) is 0 Å². The average Bonchev–Trinajstić information content (AvgIpc) is 1.81. The molecular weight excluding hydrogens is 130 g/mol. The van der Waals surface area contributed by atoms with Gasteiger partial charge in [0.1, 0.15) is 6.04 Å². The van der Waals surface area contributed by atoms with Gasteiger partial charge in [-0.2, -0.15) is 0 Å². The summed E-state index contributed by atoms with van der Waals surface area (Å²) in [4.78, 5) is 11.3. The van der Waals surface area contributed by atoms with Crippen LogP contribution in [-0.2, 0) is 4.79 Å². The van der Waals surface area contributed by atoms with Crippen molar-refractivity contribution in [3.8, 4) is 0 Å². The van der Waals surface area contributed by atoms with Crippen molar-refractivity contribution >= 4 is 5.97 Å². The van der Waals surface area contributed by atoms with Gasteiger partial charge in [-0.15, -0.1) is 0 Å². The molecule has 0 aliphatic carbocycles. The molecule has 1 N–H and O–H groups in total. The second kappa shape index (κ2) is 4.28. The maximum atomic E-state index is 10.4. The first-order chi connectivity index (χ1) is 4.59. The summed E-state index contributed by atoms with van der Waals surface area (Å²) in [6.07, 6.45) is 1.59. The molecule has 0 aromatic heterocycles. The zero-order valence-electron chi connectivity index (χ0n) is 6.81. The third-order valence-electron chi connectivity index (χ3n) is 1.56. The highest BCUT2D eigenvalue weighted by molar-refractivity contribution is 5.69. The lowest BCUT2D eigenvalue weighted by atomic mass is 10.1. The van der Waals surface area contributed by atoms with E-state index in [2.05, 4.69) is 0 Å². The van der Waals surface area contributed by atoms with Crippen molar-refractivity contribution in [1.29, 1.82) is 0 Å². The summed E-state index contributed by atoms with van der Waals surface area (Å²) in [5.74, 6) is -0.943. The van der Waals surface area contributed by atoms with Crippen LogP contribution in [0, 0.1) is 0 Å². The molecule has 0 radical (unpaired) electrons. The highest BCUT2D eigenvalue weighted by Gasteiger charge is 2.13. The topological polar surface area (TPSA) is 44.6 Å². The molecule has 0 spiro atoms. The summed E-state index contributed by atoms with van der Waals surface area (Å²) >= 11 is 0. The highest BCUT2D eigenvalue weighted by atomic mass is 16.4. The Labute approximate surface area is 61.6 Å². The fourth-order valence-electron chi connectivity index (χ4n) is 0.931. The molecule has 0 saturated carbocycles. The summed E-state index contributed by atoms with van der Waals surface area (Å²) < 4.78 is 0. The number of hydrogen-bond donors (Lipinski definition) is 1. The molecule has 1 atom stereocenters. The fraction of sp³-hybridized carbons (Fsp3) is 0.857. The monoisotopic (exact) mass is 145 g/mol. The molecule has 0 bridgehead atoms. The van der Waals surface area contributed by atoms with Crippen LogP contribution in [0.25, 0.3) is 0 Å². The van der Waals surface area contributed by atoms with Gasteiger partial charge in [0.25, 0.3) is 0 Å². The number of quaternary nitrogens is 1. The molecule has 3 nitrogen and oxygen atoms in total. The minimum absolute atomic E-state index is 0.343. The third kappa shape index (κ3) is 2.82.